The van der Waals surface area contributed by atoms with E-state index in [0.29, 0.717) is 39.5 Å². The summed E-state index contributed by atoms with van der Waals surface area (Å²) in [5.41, 5.74) is 0.337. The minimum absolute atomic E-state index is 0.0899. The van der Waals surface area contributed by atoms with Gasteiger partial charge in [0.2, 0.25) is 0 Å². The summed E-state index contributed by atoms with van der Waals surface area (Å²) in [5.74, 6) is -1.47. The molecule has 4 atom stereocenters. The Kier molecular flexibility index (Phi) is 6.40. The lowest BCUT2D eigenvalue weighted by Crippen LogP contribution is -2.58. The molecule has 46 heavy (non-hydrogen) atoms. The van der Waals surface area contributed by atoms with Crippen LogP contribution in [0.1, 0.15) is 41.0 Å². The number of carbonyl (C=O) groups excluding carboxylic acids is 2. The molecule has 1 saturated carbocycles. The van der Waals surface area contributed by atoms with Crippen molar-refractivity contribution < 1.29 is 19.1 Å². The molecule has 228 valence electrons. The van der Waals surface area contributed by atoms with Crippen molar-refractivity contribution in [3.8, 4) is 5.69 Å². The Morgan fingerprint density at radius 2 is 1.48 bits per heavy atom. The second-order valence-electron chi connectivity index (χ2n) is 12.0. The van der Waals surface area contributed by atoms with Gasteiger partial charge < -0.3 is 9.52 Å². The van der Waals surface area contributed by atoms with Gasteiger partial charge in [0.15, 0.2) is 11.6 Å². The zero-order chi connectivity index (χ0) is 31.6. The predicted octanol–water partition coefficient (Wildman–Crippen LogP) is 4.34. The molecule has 9 heteroatoms. The summed E-state index contributed by atoms with van der Waals surface area (Å²) in [4.78, 5) is 57.6. The molecule has 0 saturated heterocycles. The molecule has 0 bridgehead atoms. The highest BCUT2D eigenvalue weighted by atomic mass is 16.4. The van der Waals surface area contributed by atoms with Crippen LogP contribution in [0.15, 0.2) is 135 Å². The standard InChI is InChI=1S/C37H29N3O6/c41-22-26-16-17-31(46-26)33-27-18-19-38-35(44)39(25-14-8-3-9-15-25)36(45)40(38)30(27)21-29-34(43)28(23-10-4-1-5-11-23)20-32(42)37(29,33)24-12-6-2-7-13-24/h1-18,20,29-30,33,41H,19,21-22H2/t29-,30+,33+,37-/m0/s1. The monoisotopic (exact) mass is 611 g/mol. The van der Waals surface area contributed by atoms with Gasteiger partial charge in [-0.15, -0.1) is 0 Å². The molecule has 2 aliphatic carbocycles. The van der Waals surface area contributed by atoms with Gasteiger partial charge in [0, 0.05) is 11.5 Å². The highest BCUT2D eigenvalue weighted by molar-refractivity contribution is 6.31. The van der Waals surface area contributed by atoms with Gasteiger partial charge in [-0.25, -0.2) is 23.5 Å². The first-order valence-corrected chi connectivity index (χ1v) is 15.3. The zero-order valence-electron chi connectivity index (χ0n) is 24.7. The molecule has 0 unspecified atom stereocenters. The molecule has 5 aromatic rings. The Morgan fingerprint density at radius 1 is 0.804 bits per heavy atom. The van der Waals surface area contributed by atoms with Gasteiger partial charge in [-0.05, 0) is 53.5 Å². The van der Waals surface area contributed by atoms with E-state index in [1.807, 2.05) is 60.7 Å². The lowest BCUT2D eigenvalue weighted by atomic mass is 9.48. The summed E-state index contributed by atoms with van der Waals surface area (Å²) >= 11 is 0. The first-order valence-electron chi connectivity index (χ1n) is 15.3. The molecular weight excluding hydrogens is 582 g/mol. The van der Waals surface area contributed by atoms with Crippen LogP contribution >= 0.6 is 0 Å². The fraction of sp³-hybridized carbons (Fsp3) is 0.189. The average molecular weight is 612 g/mol. The van der Waals surface area contributed by atoms with Crippen molar-refractivity contribution >= 4 is 17.1 Å². The van der Waals surface area contributed by atoms with Gasteiger partial charge in [-0.1, -0.05) is 84.9 Å². The summed E-state index contributed by atoms with van der Waals surface area (Å²) in [7, 11) is 0. The molecule has 8 rings (SSSR count). The number of rotatable bonds is 5. The first-order chi connectivity index (χ1) is 22.4. The third-order valence-corrected chi connectivity index (χ3v) is 9.78. The summed E-state index contributed by atoms with van der Waals surface area (Å²) < 4.78 is 10.2. The maximum absolute atomic E-state index is 14.9. The van der Waals surface area contributed by atoms with Crippen molar-refractivity contribution in [2.75, 3.05) is 0 Å². The summed E-state index contributed by atoms with van der Waals surface area (Å²) in [5, 5.41) is 9.93. The van der Waals surface area contributed by atoms with Crippen molar-refractivity contribution in [3.05, 3.63) is 164 Å². The van der Waals surface area contributed by atoms with Crippen LogP contribution in [0.5, 0.6) is 0 Å². The minimum atomic E-state index is -1.41. The second kappa shape index (κ2) is 10.5. The average Bonchev–Trinajstić information content (AvgIpc) is 3.68. The van der Waals surface area contributed by atoms with Crippen molar-refractivity contribution in [2.45, 2.75) is 36.9 Å². The predicted molar refractivity (Wildman–Crippen MR) is 169 cm³/mol. The maximum Gasteiger partial charge on any atom is 0.352 e. The van der Waals surface area contributed by atoms with Crippen LogP contribution in [-0.4, -0.2) is 30.6 Å². The smallest absolute Gasteiger partial charge is 0.352 e. The number of aliphatic hydroxyl groups excluding tert-OH is 1. The molecule has 1 aliphatic heterocycles. The highest BCUT2D eigenvalue weighted by Gasteiger charge is 2.64. The molecule has 9 nitrogen and oxygen atoms in total. The zero-order valence-corrected chi connectivity index (χ0v) is 24.7. The third kappa shape index (κ3) is 3.85. The Hall–Kier alpha value is -5.54. The number of benzene rings is 3. The number of carbonyl (C=O) groups is 2. The van der Waals surface area contributed by atoms with Crippen LogP contribution in [0.4, 0.5) is 0 Å². The topological polar surface area (TPSA) is 116 Å². The number of allylic oxidation sites excluding steroid dienone is 4. The molecule has 0 spiro atoms. The maximum atomic E-state index is 14.9. The first kappa shape index (κ1) is 28.0. The molecule has 0 amide bonds. The van der Waals surface area contributed by atoms with E-state index in [1.165, 1.54) is 15.4 Å². The largest absolute Gasteiger partial charge is 0.463 e. The van der Waals surface area contributed by atoms with Crippen molar-refractivity contribution in [1.82, 2.24) is 13.9 Å². The fourth-order valence-corrected chi connectivity index (χ4v) is 7.88. The molecule has 0 radical (unpaired) electrons. The number of aliphatic hydroxyl groups is 1. The van der Waals surface area contributed by atoms with E-state index < -0.39 is 34.7 Å². The van der Waals surface area contributed by atoms with Crippen LogP contribution in [0.3, 0.4) is 0 Å². The minimum Gasteiger partial charge on any atom is -0.463 e. The van der Waals surface area contributed by atoms with Crippen LogP contribution in [0.25, 0.3) is 11.3 Å². The van der Waals surface area contributed by atoms with Gasteiger partial charge in [0.05, 0.1) is 29.6 Å². The molecule has 1 N–H and O–H groups in total. The van der Waals surface area contributed by atoms with Crippen LogP contribution in [0.2, 0.25) is 0 Å². The number of ketones is 2. The van der Waals surface area contributed by atoms with E-state index in [9.17, 15) is 24.3 Å². The molecule has 3 aromatic carbocycles. The number of Topliss-reactive ketones (excluding diaryl/α,β-unsaturated/α-hetero) is 1. The molecule has 3 aliphatic rings. The van der Waals surface area contributed by atoms with Crippen LogP contribution in [-0.2, 0) is 28.2 Å². The summed E-state index contributed by atoms with van der Waals surface area (Å²) in [6, 6.07) is 29.8. The normalized spacial score (nSPS) is 23.6. The number of furan rings is 1. The van der Waals surface area contributed by atoms with E-state index in [0.717, 1.165) is 4.57 Å². The number of hydrogen-bond acceptors (Lipinski definition) is 6. The van der Waals surface area contributed by atoms with Gasteiger partial charge in [-0.3, -0.25) is 9.59 Å². The van der Waals surface area contributed by atoms with E-state index in [-0.39, 0.29) is 31.1 Å². The third-order valence-electron chi connectivity index (χ3n) is 9.78. The molecule has 2 aromatic heterocycles. The number of para-hydroxylation sites is 1. The lowest BCUT2D eigenvalue weighted by Gasteiger charge is -2.53. The Bertz CT molecular complexity index is 2190. The van der Waals surface area contributed by atoms with Gasteiger partial charge in [0.1, 0.15) is 18.1 Å². The van der Waals surface area contributed by atoms with Crippen molar-refractivity contribution in [3.63, 3.8) is 0 Å². The van der Waals surface area contributed by atoms with E-state index in [1.54, 1.807) is 48.5 Å². The van der Waals surface area contributed by atoms with Gasteiger partial charge >= 0.3 is 11.4 Å². The lowest BCUT2D eigenvalue weighted by molar-refractivity contribution is -0.133. The summed E-state index contributed by atoms with van der Waals surface area (Å²) in [6.45, 7) is -0.257. The quantitative estimate of drug-likeness (QED) is 0.296. The van der Waals surface area contributed by atoms with Crippen LogP contribution < -0.4 is 11.4 Å². The highest BCUT2D eigenvalue weighted by Crippen LogP contribution is 2.61. The number of aromatic nitrogens is 3. The van der Waals surface area contributed by atoms with Gasteiger partial charge in [-0.2, -0.15) is 0 Å². The van der Waals surface area contributed by atoms with Gasteiger partial charge in [0.25, 0.3) is 0 Å². The van der Waals surface area contributed by atoms with Crippen molar-refractivity contribution in [1.29, 1.82) is 0 Å². The van der Waals surface area contributed by atoms with Crippen molar-refractivity contribution in [2.24, 2.45) is 5.92 Å². The Balaban J connectivity index is 1.41. The van der Waals surface area contributed by atoms with Crippen LogP contribution in [0, 0.1) is 5.92 Å². The Labute approximate surface area is 262 Å². The number of fused-ring (bicyclic) bond motifs is 4. The molecular formula is C37H29N3O6. The molecule has 1 fully saturated rings. The van der Waals surface area contributed by atoms with E-state index in [4.69, 9.17) is 4.42 Å². The SMILES string of the molecule is O=C1C(c2ccccc2)=CC(=O)[C@@]2(c3ccccc3)[C@@H](c3ccc(CO)o3)C3=CCn4c(=O)n(-c5ccccc5)c(=O)n4[C@@H]3C[C@@H]12. The Morgan fingerprint density at radius 3 is 2.15 bits per heavy atom. The number of hydrogen-bond donors (Lipinski definition) is 1. The summed E-state index contributed by atoms with van der Waals surface area (Å²) in [6.07, 6.45) is 3.46. The number of nitrogens with zero attached hydrogens (tertiary/aromatic N) is 3. The fourth-order valence-electron chi connectivity index (χ4n) is 7.88. The van der Waals surface area contributed by atoms with E-state index >= 15 is 0 Å². The second-order valence-corrected chi connectivity index (χ2v) is 12.0. The molecule has 3 heterocycles. The van der Waals surface area contributed by atoms with E-state index in [2.05, 4.69) is 0 Å².